The maximum absolute atomic E-state index is 5.35. The van der Waals surface area contributed by atoms with Crippen LogP contribution in [0.3, 0.4) is 0 Å². The number of ether oxygens (including phenoxy) is 1. The van der Waals surface area contributed by atoms with Crippen LogP contribution in [0.1, 0.15) is 0 Å². The molecule has 5 nitrogen and oxygen atoms in total. The number of hydrogen-bond donors (Lipinski definition) is 1. The lowest BCUT2D eigenvalue weighted by Gasteiger charge is -2.25. The number of nitrogens with zero attached hydrogens (tertiary/aromatic N) is 3. The van der Waals surface area contributed by atoms with Gasteiger partial charge in [-0.25, -0.2) is 0 Å². The Labute approximate surface area is 116 Å². The van der Waals surface area contributed by atoms with Gasteiger partial charge in [-0.3, -0.25) is 0 Å². The number of nitrogens with one attached hydrogen (secondary N) is 1. The number of rotatable bonds is 3. The van der Waals surface area contributed by atoms with Crippen LogP contribution in [-0.4, -0.2) is 43.5 Å². The molecule has 1 aromatic carbocycles. The molecule has 1 fully saturated rings. The van der Waals surface area contributed by atoms with Gasteiger partial charge in [0.05, 0.1) is 13.2 Å². The number of hydrogen-bond acceptors (Lipinski definition) is 6. The third-order valence-electron chi connectivity index (χ3n) is 3.12. The maximum Gasteiger partial charge on any atom is 0.208 e. The zero-order chi connectivity index (χ0) is 13.1. The van der Waals surface area contributed by atoms with Gasteiger partial charge in [0, 0.05) is 31.4 Å². The zero-order valence-corrected chi connectivity index (χ0v) is 11.6. The summed E-state index contributed by atoms with van der Waals surface area (Å²) in [5, 5.41) is 13.6. The van der Waals surface area contributed by atoms with Crippen molar-refractivity contribution in [3.63, 3.8) is 0 Å². The van der Waals surface area contributed by atoms with Crippen LogP contribution in [0, 0.1) is 0 Å². The van der Waals surface area contributed by atoms with Crippen molar-refractivity contribution in [1.82, 2.24) is 10.2 Å². The minimum Gasteiger partial charge on any atom is -0.388 e. The van der Waals surface area contributed by atoms with Gasteiger partial charge >= 0.3 is 0 Å². The molecule has 0 spiro atoms. The molecule has 1 N–H and O–H groups in total. The molecular formula is C13H16N4OS. The lowest BCUT2D eigenvalue weighted by Crippen LogP contribution is -2.36. The van der Waals surface area contributed by atoms with Gasteiger partial charge in [-0.15, -0.1) is 10.2 Å². The SMILES string of the molecule is CNc1ccc(-c2nnc(N3CCOCC3)s2)cc1. The summed E-state index contributed by atoms with van der Waals surface area (Å²) in [7, 11) is 1.91. The highest BCUT2D eigenvalue weighted by atomic mass is 32.1. The van der Waals surface area contributed by atoms with E-state index in [0.29, 0.717) is 0 Å². The lowest BCUT2D eigenvalue weighted by molar-refractivity contribution is 0.122. The third-order valence-corrected chi connectivity index (χ3v) is 4.15. The van der Waals surface area contributed by atoms with Gasteiger partial charge < -0.3 is 15.0 Å². The van der Waals surface area contributed by atoms with Crippen molar-refractivity contribution in [3.8, 4) is 10.6 Å². The molecule has 3 rings (SSSR count). The normalized spacial score (nSPS) is 15.5. The highest BCUT2D eigenvalue weighted by Gasteiger charge is 2.16. The molecule has 1 aliphatic heterocycles. The largest absolute Gasteiger partial charge is 0.388 e. The van der Waals surface area contributed by atoms with Crippen LogP contribution in [0.25, 0.3) is 10.6 Å². The quantitative estimate of drug-likeness (QED) is 0.930. The first-order valence-electron chi connectivity index (χ1n) is 6.31. The molecule has 0 bridgehead atoms. The van der Waals surface area contributed by atoms with Crippen molar-refractivity contribution in [1.29, 1.82) is 0 Å². The molecule has 6 heteroatoms. The Kier molecular flexibility index (Phi) is 3.61. The first kappa shape index (κ1) is 12.4. The minimum absolute atomic E-state index is 0.770. The maximum atomic E-state index is 5.35. The van der Waals surface area contributed by atoms with Crippen LogP contribution in [0.2, 0.25) is 0 Å². The molecule has 0 aliphatic carbocycles. The topological polar surface area (TPSA) is 50.3 Å². The van der Waals surface area contributed by atoms with Gasteiger partial charge in [-0.1, -0.05) is 11.3 Å². The van der Waals surface area contributed by atoms with Crippen LogP contribution >= 0.6 is 11.3 Å². The van der Waals surface area contributed by atoms with Crippen LogP contribution in [0.5, 0.6) is 0 Å². The first-order chi connectivity index (χ1) is 9.36. The Morgan fingerprint density at radius 3 is 2.58 bits per heavy atom. The summed E-state index contributed by atoms with van der Waals surface area (Å²) in [4.78, 5) is 2.23. The summed E-state index contributed by atoms with van der Waals surface area (Å²) in [6, 6.07) is 8.22. The molecule has 0 atom stereocenters. The third kappa shape index (κ3) is 2.69. The second kappa shape index (κ2) is 5.54. The Bertz CT molecular complexity index is 534. The fourth-order valence-corrected chi connectivity index (χ4v) is 2.90. The average molecular weight is 276 g/mol. The molecule has 19 heavy (non-hydrogen) atoms. The van der Waals surface area contributed by atoms with Gasteiger partial charge in [0.15, 0.2) is 0 Å². The van der Waals surface area contributed by atoms with E-state index < -0.39 is 0 Å². The zero-order valence-electron chi connectivity index (χ0n) is 10.8. The summed E-state index contributed by atoms with van der Waals surface area (Å²) in [5.41, 5.74) is 2.21. The van der Waals surface area contributed by atoms with Crippen molar-refractivity contribution < 1.29 is 4.74 Å². The predicted molar refractivity (Wildman–Crippen MR) is 77.9 cm³/mol. The second-order valence-electron chi connectivity index (χ2n) is 4.32. The van der Waals surface area contributed by atoms with E-state index >= 15 is 0 Å². The van der Waals surface area contributed by atoms with Crippen molar-refractivity contribution in [2.75, 3.05) is 43.6 Å². The van der Waals surface area contributed by atoms with Gasteiger partial charge in [0.1, 0.15) is 5.01 Å². The Balaban J connectivity index is 1.79. The van der Waals surface area contributed by atoms with E-state index in [1.165, 1.54) is 0 Å². The molecule has 0 unspecified atom stereocenters. The van der Waals surface area contributed by atoms with Gasteiger partial charge in [0.2, 0.25) is 5.13 Å². The predicted octanol–water partition coefficient (Wildman–Crippen LogP) is 2.08. The van der Waals surface area contributed by atoms with E-state index in [1.54, 1.807) is 11.3 Å². The van der Waals surface area contributed by atoms with Gasteiger partial charge in [-0.05, 0) is 24.3 Å². The number of aromatic nitrogens is 2. The summed E-state index contributed by atoms with van der Waals surface area (Å²) in [6.07, 6.45) is 0. The highest BCUT2D eigenvalue weighted by molar-refractivity contribution is 7.18. The number of morpholine rings is 1. The summed E-state index contributed by atoms with van der Waals surface area (Å²) >= 11 is 1.63. The molecule has 0 saturated carbocycles. The average Bonchev–Trinajstić information content (AvgIpc) is 2.98. The molecular weight excluding hydrogens is 260 g/mol. The first-order valence-corrected chi connectivity index (χ1v) is 7.13. The van der Waals surface area contributed by atoms with E-state index in [0.717, 1.165) is 47.7 Å². The number of benzene rings is 1. The van der Waals surface area contributed by atoms with Crippen LogP contribution in [-0.2, 0) is 4.74 Å². The Morgan fingerprint density at radius 1 is 1.16 bits per heavy atom. The fourth-order valence-electron chi connectivity index (χ4n) is 1.99. The van der Waals surface area contributed by atoms with Crippen molar-refractivity contribution >= 4 is 22.2 Å². The lowest BCUT2D eigenvalue weighted by atomic mass is 10.2. The highest BCUT2D eigenvalue weighted by Crippen LogP contribution is 2.29. The Morgan fingerprint density at radius 2 is 1.89 bits per heavy atom. The minimum atomic E-state index is 0.770. The summed E-state index contributed by atoms with van der Waals surface area (Å²) < 4.78 is 5.35. The molecule has 100 valence electrons. The molecule has 0 radical (unpaired) electrons. The van der Waals surface area contributed by atoms with E-state index in [4.69, 9.17) is 4.74 Å². The number of anilines is 2. The van der Waals surface area contributed by atoms with Crippen LogP contribution in [0.15, 0.2) is 24.3 Å². The molecule has 1 saturated heterocycles. The summed E-state index contributed by atoms with van der Waals surface area (Å²) in [6.45, 7) is 3.33. The van der Waals surface area contributed by atoms with E-state index in [2.05, 4.69) is 32.5 Å². The van der Waals surface area contributed by atoms with Crippen molar-refractivity contribution in [2.45, 2.75) is 0 Å². The molecule has 2 heterocycles. The van der Waals surface area contributed by atoms with Gasteiger partial charge in [-0.2, -0.15) is 0 Å². The monoisotopic (exact) mass is 276 g/mol. The Hall–Kier alpha value is -1.66. The molecule has 0 amide bonds. The van der Waals surface area contributed by atoms with Crippen LogP contribution < -0.4 is 10.2 Å². The van der Waals surface area contributed by atoms with Crippen molar-refractivity contribution in [3.05, 3.63) is 24.3 Å². The standard InChI is InChI=1S/C13H16N4OS/c1-14-11-4-2-10(3-5-11)12-15-16-13(19-12)17-6-8-18-9-7-17/h2-5,14H,6-9H2,1H3. The second-order valence-corrected chi connectivity index (χ2v) is 5.27. The fraction of sp³-hybridized carbons (Fsp3) is 0.385. The smallest absolute Gasteiger partial charge is 0.208 e. The van der Waals surface area contributed by atoms with E-state index in [-0.39, 0.29) is 0 Å². The molecule has 2 aromatic rings. The van der Waals surface area contributed by atoms with Crippen LogP contribution in [0.4, 0.5) is 10.8 Å². The van der Waals surface area contributed by atoms with E-state index in [9.17, 15) is 0 Å². The van der Waals surface area contributed by atoms with E-state index in [1.807, 2.05) is 19.2 Å². The molecule has 1 aliphatic rings. The van der Waals surface area contributed by atoms with Gasteiger partial charge in [0.25, 0.3) is 0 Å². The van der Waals surface area contributed by atoms with Crippen molar-refractivity contribution in [2.24, 2.45) is 0 Å². The summed E-state index contributed by atoms with van der Waals surface area (Å²) in [5.74, 6) is 0. The molecule has 1 aromatic heterocycles.